The quantitative estimate of drug-likeness (QED) is 0.449. The molecule has 18 heavy (non-hydrogen) atoms. The monoisotopic (exact) mass is 266 g/mol. The van der Waals surface area contributed by atoms with Crippen LogP contribution < -0.4 is 15.8 Å². The molecule has 0 spiro atoms. The van der Waals surface area contributed by atoms with Crippen molar-refractivity contribution < 1.29 is 9.53 Å². The van der Waals surface area contributed by atoms with Crippen molar-refractivity contribution in [2.45, 2.75) is 0 Å². The van der Waals surface area contributed by atoms with E-state index in [0.717, 1.165) is 11.5 Å². The lowest BCUT2D eigenvalue weighted by molar-refractivity contribution is 0.0953. The molecule has 1 aromatic rings. The lowest BCUT2D eigenvalue weighted by Gasteiger charge is -2.09. The first-order valence-corrected chi connectivity index (χ1v) is 6.75. The van der Waals surface area contributed by atoms with Crippen molar-refractivity contribution in [1.82, 2.24) is 5.32 Å². The molecule has 0 aromatic heterocycles. The van der Waals surface area contributed by atoms with Crippen LogP contribution >= 0.6 is 11.8 Å². The van der Waals surface area contributed by atoms with Gasteiger partial charge in [-0.2, -0.15) is 11.8 Å². The highest BCUT2D eigenvalue weighted by Gasteiger charge is 2.11. The van der Waals surface area contributed by atoms with Crippen LogP contribution in [0.15, 0.2) is 30.9 Å². The molecule has 0 saturated heterocycles. The molecular weight excluding hydrogens is 248 g/mol. The maximum atomic E-state index is 11.9. The van der Waals surface area contributed by atoms with Crippen molar-refractivity contribution in [3.8, 4) is 5.75 Å². The Kier molecular flexibility index (Phi) is 6.14. The molecule has 4 nitrogen and oxygen atoms in total. The third-order valence-electron chi connectivity index (χ3n) is 2.24. The number of rotatable bonds is 7. The first kappa shape index (κ1) is 14.4. The molecule has 0 aliphatic heterocycles. The average Bonchev–Trinajstić information content (AvgIpc) is 2.38. The number of amides is 1. The van der Waals surface area contributed by atoms with E-state index < -0.39 is 0 Å². The third-order valence-corrected chi connectivity index (χ3v) is 3.20. The van der Waals surface area contributed by atoms with Gasteiger partial charge in [0.2, 0.25) is 0 Å². The number of hydrogen-bond acceptors (Lipinski definition) is 4. The van der Waals surface area contributed by atoms with E-state index >= 15 is 0 Å². The van der Waals surface area contributed by atoms with Crippen LogP contribution in [0, 0.1) is 0 Å². The van der Waals surface area contributed by atoms with Crippen LogP contribution in [0.2, 0.25) is 0 Å². The molecule has 5 heteroatoms. The molecule has 0 aliphatic carbocycles. The number of carbonyl (C=O) groups is 1. The summed E-state index contributed by atoms with van der Waals surface area (Å²) >= 11 is 1.72. The Morgan fingerprint density at radius 1 is 1.61 bits per heavy atom. The zero-order valence-corrected chi connectivity index (χ0v) is 11.3. The summed E-state index contributed by atoms with van der Waals surface area (Å²) in [4.78, 5) is 11.9. The van der Waals surface area contributed by atoms with Gasteiger partial charge in [-0.3, -0.25) is 4.79 Å². The molecule has 1 rings (SSSR count). The summed E-state index contributed by atoms with van der Waals surface area (Å²) in [6.45, 7) is 4.25. The van der Waals surface area contributed by atoms with Crippen molar-refractivity contribution in [1.29, 1.82) is 0 Å². The molecule has 0 fully saturated rings. The molecule has 0 radical (unpaired) electrons. The fourth-order valence-corrected chi connectivity index (χ4v) is 1.97. The minimum Gasteiger partial charge on any atom is -0.496 e. The molecular formula is C13H18N2O2S. The summed E-state index contributed by atoms with van der Waals surface area (Å²) in [6, 6.07) is 4.99. The first-order valence-electron chi connectivity index (χ1n) is 5.59. The Hall–Kier alpha value is -1.62. The van der Waals surface area contributed by atoms with E-state index in [-0.39, 0.29) is 5.91 Å². The molecule has 0 saturated carbocycles. The molecule has 98 valence electrons. The number of carbonyl (C=O) groups excluding carboxylic acids is 1. The summed E-state index contributed by atoms with van der Waals surface area (Å²) in [5.41, 5.74) is 6.71. The second kappa shape index (κ2) is 7.66. The van der Waals surface area contributed by atoms with Crippen LogP contribution in [-0.2, 0) is 0 Å². The molecule has 0 heterocycles. The minimum atomic E-state index is -0.147. The summed E-state index contributed by atoms with van der Waals surface area (Å²) < 4.78 is 5.13. The molecule has 1 amide bonds. The fourth-order valence-electron chi connectivity index (χ4n) is 1.39. The SMILES string of the molecule is C=CCSCCNC(=O)c1ccc(N)cc1OC. The Morgan fingerprint density at radius 2 is 2.39 bits per heavy atom. The Balaban J connectivity index is 2.53. The van der Waals surface area contributed by atoms with Gasteiger partial charge in [0.05, 0.1) is 12.7 Å². The number of nitrogen functional groups attached to an aromatic ring is 1. The largest absolute Gasteiger partial charge is 0.496 e. The highest BCUT2D eigenvalue weighted by atomic mass is 32.2. The molecule has 3 N–H and O–H groups in total. The van der Waals surface area contributed by atoms with Crippen LogP contribution in [0.4, 0.5) is 5.69 Å². The van der Waals surface area contributed by atoms with E-state index in [0.29, 0.717) is 23.5 Å². The Labute approximate surface area is 112 Å². The minimum absolute atomic E-state index is 0.147. The van der Waals surface area contributed by atoms with Crippen LogP contribution in [0.25, 0.3) is 0 Å². The standard InChI is InChI=1S/C13H18N2O2S/c1-3-7-18-8-6-15-13(16)11-5-4-10(14)9-12(11)17-2/h3-5,9H,1,6-8,14H2,2H3,(H,15,16). The second-order valence-electron chi connectivity index (χ2n) is 3.58. The highest BCUT2D eigenvalue weighted by molar-refractivity contribution is 7.99. The van der Waals surface area contributed by atoms with Crippen LogP contribution in [0.1, 0.15) is 10.4 Å². The van der Waals surface area contributed by atoms with Crippen LogP contribution in [0.5, 0.6) is 5.75 Å². The van der Waals surface area contributed by atoms with Gasteiger partial charge >= 0.3 is 0 Å². The van der Waals surface area contributed by atoms with Gasteiger partial charge in [-0.15, -0.1) is 6.58 Å². The van der Waals surface area contributed by atoms with Gasteiger partial charge < -0.3 is 15.8 Å². The molecule has 0 bridgehead atoms. The second-order valence-corrected chi connectivity index (χ2v) is 4.73. The van der Waals surface area contributed by atoms with Crippen molar-refractivity contribution in [3.63, 3.8) is 0 Å². The van der Waals surface area contributed by atoms with Crippen molar-refractivity contribution in [3.05, 3.63) is 36.4 Å². The van der Waals surface area contributed by atoms with Crippen molar-refractivity contribution in [2.24, 2.45) is 0 Å². The van der Waals surface area contributed by atoms with E-state index in [2.05, 4.69) is 11.9 Å². The molecule has 0 aliphatic rings. The smallest absolute Gasteiger partial charge is 0.255 e. The predicted molar refractivity (Wildman–Crippen MR) is 77.3 cm³/mol. The van der Waals surface area contributed by atoms with Gasteiger partial charge in [0.1, 0.15) is 5.75 Å². The fraction of sp³-hybridized carbons (Fsp3) is 0.308. The van der Waals surface area contributed by atoms with E-state index in [1.165, 1.54) is 7.11 Å². The number of methoxy groups -OCH3 is 1. The summed E-state index contributed by atoms with van der Waals surface area (Å²) in [5, 5.41) is 2.84. The number of benzene rings is 1. The van der Waals surface area contributed by atoms with Gasteiger partial charge in [0.25, 0.3) is 5.91 Å². The Bertz CT molecular complexity index is 421. The number of anilines is 1. The van der Waals surface area contributed by atoms with E-state index in [4.69, 9.17) is 10.5 Å². The predicted octanol–water partition coefficient (Wildman–Crippen LogP) is 1.93. The van der Waals surface area contributed by atoms with Crippen molar-refractivity contribution in [2.75, 3.05) is 30.9 Å². The number of nitrogens with one attached hydrogen (secondary N) is 1. The van der Waals surface area contributed by atoms with Gasteiger partial charge in [-0.1, -0.05) is 6.08 Å². The van der Waals surface area contributed by atoms with Gasteiger partial charge in [-0.05, 0) is 12.1 Å². The van der Waals surface area contributed by atoms with E-state index in [1.807, 2.05) is 6.08 Å². The topological polar surface area (TPSA) is 64.4 Å². The lowest BCUT2D eigenvalue weighted by Crippen LogP contribution is -2.26. The summed E-state index contributed by atoms with van der Waals surface area (Å²) in [6.07, 6.45) is 1.84. The maximum absolute atomic E-state index is 11.9. The first-order chi connectivity index (χ1) is 8.69. The Morgan fingerprint density at radius 3 is 3.06 bits per heavy atom. The zero-order valence-electron chi connectivity index (χ0n) is 10.4. The number of hydrogen-bond donors (Lipinski definition) is 2. The average molecular weight is 266 g/mol. The van der Waals surface area contributed by atoms with Gasteiger partial charge in [0.15, 0.2) is 0 Å². The third kappa shape index (κ3) is 4.33. The normalized spacial score (nSPS) is 9.83. The summed E-state index contributed by atoms with van der Waals surface area (Å²) in [7, 11) is 1.52. The van der Waals surface area contributed by atoms with Gasteiger partial charge in [0, 0.05) is 29.8 Å². The number of ether oxygens (including phenoxy) is 1. The lowest BCUT2D eigenvalue weighted by atomic mass is 10.1. The molecule has 0 atom stereocenters. The highest BCUT2D eigenvalue weighted by Crippen LogP contribution is 2.21. The van der Waals surface area contributed by atoms with Crippen LogP contribution in [-0.4, -0.2) is 31.1 Å². The van der Waals surface area contributed by atoms with E-state index in [1.54, 1.807) is 30.0 Å². The molecule has 0 unspecified atom stereocenters. The number of thioether (sulfide) groups is 1. The zero-order chi connectivity index (χ0) is 13.4. The summed E-state index contributed by atoms with van der Waals surface area (Å²) in [5.74, 6) is 2.09. The van der Waals surface area contributed by atoms with Crippen molar-refractivity contribution >= 4 is 23.4 Å². The van der Waals surface area contributed by atoms with Gasteiger partial charge in [-0.25, -0.2) is 0 Å². The maximum Gasteiger partial charge on any atom is 0.255 e. The van der Waals surface area contributed by atoms with E-state index in [9.17, 15) is 4.79 Å². The molecule has 1 aromatic carbocycles. The number of nitrogens with two attached hydrogens (primary N) is 1. The van der Waals surface area contributed by atoms with Crippen LogP contribution in [0.3, 0.4) is 0 Å².